The van der Waals surface area contributed by atoms with E-state index in [1.54, 1.807) is 0 Å². The fraction of sp³-hybridized carbons (Fsp3) is 0.833. The normalized spacial score (nSPS) is 13.1. The molecule has 1 aromatic rings. The quantitative estimate of drug-likeness (QED) is 0.0650. The van der Waals surface area contributed by atoms with Crippen molar-refractivity contribution < 1.29 is 14.2 Å². The molecule has 0 radical (unpaired) electrons. The van der Waals surface area contributed by atoms with Crippen molar-refractivity contribution in [3.05, 3.63) is 31.5 Å². The summed E-state index contributed by atoms with van der Waals surface area (Å²) >= 11 is 16.1. The molecule has 3 unspecified atom stereocenters. The highest BCUT2D eigenvalue weighted by Gasteiger charge is 2.30. The molecule has 0 spiro atoms. The zero-order valence-corrected chi connectivity index (χ0v) is 33.0. The van der Waals surface area contributed by atoms with Gasteiger partial charge in [-0.3, -0.25) is 0 Å². The number of unbranched alkanes of at least 4 members (excludes halogenated alkanes) is 9. The summed E-state index contributed by atoms with van der Waals surface area (Å²) in [4.78, 5) is 43.7. The van der Waals surface area contributed by atoms with Crippen LogP contribution in [0.15, 0.2) is 14.4 Å². The highest BCUT2D eigenvalue weighted by atomic mass is 32.1. The summed E-state index contributed by atoms with van der Waals surface area (Å²) in [6.45, 7) is 12.4. The molecule has 1 aromatic heterocycles. The molecule has 3 atom stereocenters. The first kappa shape index (κ1) is 44.1. The van der Waals surface area contributed by atoms with Crippen LogP contribution in [0.1, 0.15) is 175 Å². The van der Waals surface area contributed by atoms with Gasteiger partial charge in [0.25, 0.3) is 0 Å². The molecule has 0 saturated carbocycles. The lowest BCUT2D eigenvalue weighted by Gasteiger charge is -2.28. The number of thiocarbonyl (C=S) groups is 3. The Bertz CT molecular complexity index is 1090. The average Bonchev–Trinajstić information content (AvgIpc) is 3.08. The number of ether oxygens (including phenoxy) is 3. The zero-order valence-electron chi connectivity index (χ0n) is 30.6. The van der Waals surface area contributed by atoms with Gasteiger partial charge in [-0.15, -0.1) is 0 Å². The van der Waals surface area contributed by atoms with E-state index < -0.39 is 35.2 Å². The number of nitrogens with zero attached hydrogens (tertiary/aromatic N) is 3. The molecule has 12 heteroatoms. The molecule has 0 aliphatic rings. The summed E-state index contributed by atoms with van der Waals surface area (Å²) in [6, 6.07) is -1.83. The van der Waals surface area contributed by atoms with Crippen molar-refractivity contribution in [1.29, 1.82) is 0 Å². The molecular weight excluding hydrogens is 667 g/mol. The second kappa shape index (κ2) is 26.0. The molecule has 0 fully saturated rings. The first-order valence-corrected chi connectivity index (χ1v) is 19.8. The Balaban J connectivity index is 4.04. The predicted octanol–water partition coefficient (Wildman–Crippen LogP) is 8.97. The van der Waals surface area contributed by atoms with E-state index in [1.165, 1.54) is 13.7 Å². The fourth-order valence-electron chi connectivity index (χ4n) is 5.69. The Labute approximate surface area is 305 Å². The Morgan fingerprint density at radius 2 is 0.708 bits per heavy atom. The van der Waals surface area contributed by atoms with Gasteiger partial charge in [0.2, 0.25) is 0 Å². The van der Waals surface area contributed by atoms with Crippen molar-refractivity contribution in [2.45, 2.75) is 175 Å². The van der Waals surface area contributed by atoms with Gasteiger partial charge in [-0.05, 0) is 55.9 Å². The Morgan fingerprint density at radius 1 is 0.458 bits per heavy atom. The van der Waals surface area contributed by atoms with E-state index in [2.05, 4.69) is 20.8 Å². The average molecular weight is 730 g/mol. The molecule has 0 N–H and O–H groups in total. The van der Waals surface area contributed by atoms with E-state index in [1.807, 2.05) is 20.8 Å². The van der Waals surface area contributed by atoms with Crippen molar-refractivity contribution in [2.24, 2.45) is 0 Å². The van der Waals surface area contributed by atoms with Crippen LogP contribution < -0.4 is 17.1 Å². The molecule has 0 bridgehead atoms. The minimum absolute atomic E-state index is 0.0708. The van der Waals surface area contributed by atoms with E-state index in [9.17, 15) is 14.4 Å². The molecule has 0 aromatic carbocycles. The summed E-state index contributed by atoms with van der Waals surface area (Å²) in [5.74, 6) is 0. The monoisotopic (exact) mass is 729 g/mol. The number of hydrogen-bond acceptors (Lipinski definition) is 9. The third kappa shape index (κ3) is 15.3. The lowest BCUT2D eigenvalue weighted by molar-refractivity contribution is 0.175. The van der Waals surface area contributed by atoms with Crippen molar-refractivity contribution in [1.82, 2.24) is 13.7 Å². The summed E-state index contributed by atoms with van der Waals surface area (Å²) in [6.07, 6.45) is 14.8. The lowest BCUT2D eigenvalue weighted by atomic mass is 10.1. The summed E-state index contributed by atoms with van der Waals surface area (Å²) in [7, 11) is 0. The maximum Gasteiger partial charge on any atom is 0.337 e. The summed E-state index contributed by atoms with van der Waals surface area (Å²) < 4.78 is 21.5. The summed E-state index contributed by atoms with van der Waals surface area (Å²) in [5.41, 5.74) is -1.93. The molecule has 9 nitrogen and oxygen atoms in total. The third-order valence-corrected chi connectivity index (χ3v) is 9.90. The van der Waals surface area contributed by atoms with Gasteiger partial charge in [0.15, 0.2) is 15.2 Å². The second-order valence-corrected chi connectivity index (χ2v) is 13.9. The topological polar surface area (TPSA) is 93.7 Å². The first-order valence-electron chi connectivity index (χ1n) is 18.6. The van der Waals surface area contributed by atoms with Crippen LogP contribution in [0.25, 0.3) is 0 Å². The van der Waals surface area contributed by atoms with Gasteiger partial charge in [0, 0.05) is 19.3 Å². The summed E-state index contributed by atoms with van der Waals surface area (Å²) in [5, 5.41) is 1.25. The zero-order chi connectivity index (χ0) is 35.9. The SMILES string of the molecule is CCCCCCC(COC(=S)CC)n1c(=O)n(C(CCCCCC)COC(=S)CC)c(=O)n(C(CCCCCC)COC(=S)CC)c1=O. The van der Waals surface area contributed by atoms with Crippen LogP contribution in [0.3, 0.4) is 0 Å². The van der Waals surface area contributed by atoms with Crippen LogP contribution in [-0.4, -0.2) is 48.7 Å². The van der Waals surface area contributed by atoms with Crippen molar-refractivity contribution in [3.8, 4) is 0 Å². The Kier molecular flexibility index (Phi) is 23.9. The highest BCUT2D eigenvalue weighted by Crippen LogP contribution is 2.20. The van der Waals surface area contributed by atoms with E-state index >= 15 is 0 Å². The van der Waals surface area contributed by atoms with Gasteiger partial charge in [0.05, 0.1) is 18.1 Å². The number of hydrogen-bond donors (Lipinski definition) is 0. The smallest absolute Gasteiger partial charge is 0.337 e. The maximum absolute atomic E-state index is 14.6. The molecule has 1 heterocycles. The van der Waals surface area contributed by atoms with Crippen LogP contribution in [-0.2, 0) is 14.2 Å². The van der Waals surface area contributed by atoms with Gasteiger partial charge in [-0.25, -0.2) is 28.1 Å². The minimum Gasteiger partial charge on any atom is -0.485 e. The van der Waals surface area contributed by atoms with Gasteiger partial charge >= 0.3 is 17.1 Å². The van der Waals surface area contributed by atoms with Crippen molar-refractivity contribution in [2.75, 3.05) is 19.8 Å². The highest BCUT2D eigenvalue weighted by molar-refractivity contribution is 7.80. The molecule has 276 valence electrons. The number of rotatable bonds is 27. The fourth-order valence-corrected chi connectivity index (χ4v) is 5.89. The predicted molar refractivity (Wildman–Crippen MR) is 209 cm³/mol. The Morgan fingerprint density at radius 3 is 0.917 bits per heavy atom. The number of aromatic nitrogens is 3. The molecule has 1 rings (SSSR count). The second-order valence-electron chi connectivity index (χ2n) is 12.6. The first-order chi connectivity index (χ1) is 23.1. The van der Waals surface area contributed by atoms with Crippen LogP contribution in [0.4, 0.5) is 0 Å². The van der Waals surface area contributed by atoms with Crippen LogP contribution in [0, 0.1) is 0 Å². The molecule has 0 amide bonds. The van der Waals surface area contributed by atoms with E-state index in [0.717, 1.165) is 77.0 Å². The van der Waals surface area contributed by atoms with E-state index in [-0.39, 0.29) is 19.8 Å². The standard InChI is InChI=1S/C36H63N3O6S3/c1-7-13-16-19-22-28(25-43-31(46)10-4)37-34(40)38(29(23-20-17-14-8-2)26-44-32(47)11-5)36(42)39(35(37)41)30(24-21-18-15-9-3)27-45-33(48)12-6/h28-30H,7-27H2,1-6H3. The Hall–Kier alpha value is -1.92. The molecule has 0 aliphatic heterocycles. The molecule has 48 heavy (non-hydrogen) atoms. The van der Waals surface area contributed by atoms with Crippen molar-refractivity contribution >= 4 is 51.8 Å². The van der Waals surface area contributed by atoms with Crippen molar-refractivity contribution in [3.63, 3.8) is 0 Å². The lowest BCUT2D eigenvalue weighted by Crippen LogP contribution is -2.58. The van der Waals surface area contributed by atoms with Crippen LogP contribution in [0.5, 0.6) is 0 Å². The third-order valence-electron chi connectivity index (χ3n) is 8.68. The van der Waals surface area contributed by atoms with Crippen LogP contribution in [0.2, 0.25) is 0 Å². The van der Waals surface area contributed by atoms with E-state index in [0.29, 0.717) is 53.7 Å². The minimum atomic E-state index is -0.644. The van der Waals surface area contributed by atoms with Crippen LogP contribution >= 0.6 is 36.7 Å². The largest absolute Gasteiger partial charge is 0.485 e. The molecular formula is C36H63N3O6S3. The van der Waals surface area contributed by atoms with E-state index in [4.69, 9.17) is 50.9 Å². The van der Waals surface area contributed by atoms with Gasteiger partial charge < -0.3 is 14.2 Å². The molecule has 0 aliphatic carbocycles. The maximum atomic E-state index is 14.6. The van der Waals surface area contributed by atoms with Gasteiger partial charge in [-0.1, -0.05) is 119 Å². The van der Waals surface area contributed by atoms with Gasteiger partial charge in [-0.2, -0.15) is 0 Å². The van der Waals surface area contributed by atoms with Gasteiger partial charge in [0.1, 0.15) is 19.8 Å². The molecule has 0 saturated heterocycles.